The van der Waals surface area contributed by atoms with E-state index in [1.165, 1.54) is 12.8 Å². The molecule has 18 heavy (non-hydrogen) atoms. The lowest BCUT2D eigenvalue weighted by molar-refractivity contribution is -0.120. The summed E-state index contributed by atoms with van der Waals surface area (Å²) in [4.78, 5) is 14.1. The molecule has 98 valence electrons. The van der Waals surface area contributed by atoms with Crippen molar-refractivity contribution in [1.82, 2.24) is 5.32 Å². The number of hydrogen-bond donors (Lipinski definition) is 1. The molecule has 2 rings (SSSR count). The molecule has 1 aliphatic carbocycles. The fourth-order valence-electron chi connectivity index (χ4n) is 2.21. The molecule has 1 amide bonds. The van der Waals surface area contributed by atoms with Crippen LogP contribution in [0, 0.1) is 5.92 Å². The Hall–Kier alpha value is -1.51. The third-order valence-corrected chi connectivity index (χ3v) is 3.56. The van der Waals surface area contributed by atoms with Crippen molar-refractivity contribution in [3.05, 3.63) is 30.3 Å². The maximum absolute atomic E-state index is 12.0. The second kappa shape index (κ2) is 5.89. The molecule has 1 saturated carbocycles. The lowest BCUT2D eigenvalue weighted by atomic mass is 10.2. The van der Waals surface area contributed by atoms with Crippen molar-refractivity contribution >= 4 is 11.6 Å². The van der Waals surface area contributed by atoms with Gasteiger partial charge in [0, 0.05) is 18.3 Å². The van der Waals surface area contributed by atoms with Gasteiger partial charge in [0.15, 0.2) is 0 Å². The van der Waals surface area contributed by atoms with E-state index in [0.29, 0.717) is 18.5 Å². The van der Waals surface area contributed by atoms with Crippen LogP contribution in [-0.4, -0.2) is 25.0 Å². The van der Waals surface area contributed by atoms with Crippen molar-refractivity contribution in [2.24, 2.45) is 5.92 Å². The molecule has 0 spiro atoms. The van der Waals surface area contributed by atoms with Crippen LogP contribution in [0.15, 0.2) is 30.3 Å². The molecule has 0 saturated heterocycles. The van der Waals surface area contributed by atoms with Crippen LogP contribution in [0.25, 0.3) is 0 Å². The van der Waals surface area contributed by atoms with Gasteiger partial charge in [0.2, 0.25) is 5.91 Å². The van der Waals surface area contributed by atoms with Gasteiger partial charge in [-0.1, -0.05) is 18.2 Å². The van der Waals surface area contributed by atoms with Crippen molar-refractivity contribution in [1.29, 1.82) is 0 Å². The van der Waals surface area contributed by atoms with E-state index < -0.39 is 0 Å². The zero-order valence-electron chi connectivity index (χ0n) is 11.2. The molecule has 3 heteroatoms. The minimum atomic E-state index is 0.125. The first-order chi connectivity index (χ1) is 8.70. The predicted octanol–water partition coefficient (Wildman–Crippen LogP) is 2.43. The molecule has 0 aliphatic heterocycles. The van der Waals surface area contributed by atoms with E-state index in [0.717, 1.165) is 12.2 Å². The highest BCUT2D eigenvalue weighted by Gasteiger charge is 2.29. The Morgan fingerprint density at radius 3 is 2.61 bits per heavy atom. The molecule has 1 fully saturated rings. The summed E-state index contributed by atoms with van der Waals surface area (Å²) in [6.07, 6.45) is 2.52. The molecule has 0 heterocycles. The first-order valence-electron chi connectivity index (χ1n) is 6.80. The summed E-state index contributed by atoms with van der Waals surface area (Å²) in [7, 11) is 0. The number of nitrogens with one attached hydrogen (secondary N) is 1. The lowest BCUT2D eigenvalue weighted by Crippen LogP contribution is -2.41. The molecule has 0 radical (unpaired) electrons. The average Bonchev–Trinajstić information content (AvgIpc) is 3.21. The van der Waals surface area contributed by atoms with Gasteiger partial charge < -0.3 is 10.2 Å². The molecular weight excluding hydrogens is 224 g/mol. The molecule has 1 atom stereocenters. The Morgan fingerprint density at radius 1 is 1.39 bits per heavy atom. The smallest absolute Gasteiger partial charge is 0.239 e. The second-order valence-corrected chi connectivity index (χ2v) is 5.04. The Balaban J connectivity index is 1.87. The number of amides is 1. The van der Waals surface area contributed by atoms with E-state index in [1.54, 1.807) is 0 Å². The summed E-state index contributed by atoms with van der Waals surface area (Å²) in [6.45, 7) is 5.46. The summed E-state index contributed by atoms with van der Waals surface area (Å²) < 4.78 is 0. The van der Waals surface area contributed by atoms with Gasteiger partial charge in [-0.25, -0.2) is 0 Å². The molecule has 1 unspecified atom stereocenters. The minimum absolute atomic E-state index is 0.125. The van der Waals surface area contributed by atoms with E-state index in [1.807, 2.05) is 30.3 Å². The van der Waals surface area contributed by atoms with Gasteiger partial charge in [-0.15, -0.1) is 0 Å². The fourth-order valence-corrected chi connectivity index (χ4v) is 2.21. The van der Waals surface area contributed by atoms with Crippen LogP contribution >= 0.6 is 0 Å². The number of likely N-dealkylation sites (N-methyl/N-ethyl adjacent to an activating group) is 1. The molecule has 0 bridgehead atoms. The topological polar surface area (TPSA) is 32.3 Å². The van der Waals surface area contributed by atoms with Crippen LogP contribution in [0.1, 0.15) is 26.7 Å². The van der Waals surface area contributed by atoms with Gasteiger partial charge in [0.1, 0.15) is 0 Å². The number of carbonyl (C=O) groups excluding carboxylic acids is 1. The van der Waals surface area contributed by atoms with Gasteiger partial charge in [0.05, 0.1) is 6.54 Å². The van der Waals surface area contributed by atoms with Crippen LogP contribution in [0.2, 0.25) is 0 Å². The number of carbonyl (C=O) groups is 1. The monoisotopic (exact) mass is 246 g/mol. The van der Waals surface area contributed by atoms with Gasteiger partial charge in [-0.3, -0.25) is 4.79 Å². The molecule has 1 aromatic carbocycles. The van der Waals surface area contributed by atoms with Crippen LogP contribution < -0.4 is 10.2 Å². The van der Waals surface area contributed by atoms with Crippen molar-refractivity contribution < 1.29 is 4.79 Å². The average molecular weight is 246 g/mol. The van der Waals surface area contributed by atoms with Gasteiger partial charge >= 0.3 is 0 Å². The van der Waals surface area contributed by atoms with Gasteiger partial charge in [-0.05, 0) is 44.7 Å². The summed E-state index contributed by atoms with van der Waals surface area (Å²) in [5, 5.41) is 3.10. The third-order valence-electron chi connectivity index (χ3n) is 3.56. The van der Waals surface area contributed by atoms with Gasteiger partial charge in [-0.2, -0.15) is 0 Å². The maximum Gasteiger partial charge on any atom is 0.239 e. The summed E-state index contributed by atoms with van der Waals surface area (Å²) in [5.74, 6) is 0.834. The van der Waals surface area contributed by atoms with Crippen LogP contribution in [0.3, 0.4) is 0 Å². The first kappa shape index (κ1) is 12.9. The van der Waals surface area contributed by atoms with Crippen molar-refractivity contribution in [2.45, 2.75) is 32.7 Å². The highest BCUT2D eigenvalue weighted by Crippen LogP contribution is 2.32. The number of para-hydroxylation sites is 1. The molecule has 1 aliphatic rings. The van der Waals surface area contributed by atoms with Crippen molar-refractivity contribution in [3.63, 3.8) is 0 Å². The number of hydrogen-bond acceptors (Lipinski definition) is 2. The molecule has 1 N–H and O–H groups in total. The van der Waals surface area contributed by atoms with Crippen molar-refractivity contribution in [2.75, 3.05) is 18.0 Å². The first-order valence-corrected chi connectivity index (χ1v) is 6.80. The van der Waals surface area contributed by atoms with E-state index in [2.05, 4.69) is 24.1 Å². The maximum atomic E-state index is 12.0. The van der Waals surface area contributed by atoms with E-state index in [-0.39, 0.29) is 5.91 Å². The van der Waals surface area contributed by atoms with Crippen LogP contribution in [-0.2, 0) is 4.79 Å². The minimum Gasteiger partial charge on any atom is -0.363 e. The standard InChI is InChI=1S/C15H22N2O/c1-3-17(14-7-5-4-6-8-14)11-15(18)16-12(2)13-9-10-13/h4-8,12-13H,3,9-11H2,1-2H3,(H,16,18). The van der Waals surface area contributed by atoms with E-state index >= 15 is 0 Å². The SMILES string of the molecule is CCN(CC(=O)NC(C)C1CC1)c1ccccc1. The number of anilines is 1. The lowest BCUT2D eigenvalue weighted by Gasteiger charge is -2.23. The Labute approximate surface area is 109 Å². The highest BCUT2D eigenvalue weighted by molar-refractivity contribution is 5.81. The molecule has 1 aromatic rings. The van der Waals surface area contributed by atoms with E-state index in [4.69, 9.17) is 0 Å². The van der Waals surface area contributed by atoms with E-state index in [9.17, 15) is 4.79 Å². The normalized spacial score (nSPS) is 16.1. The number of nitrogens with zero attached hydrogens (tertiary/aromatic N) is 1. The Bertz CT molecular complexity index is 387. The Morgan fingerprint density at radius 2 is 2.06 bits per heavy atom. The van der Waals surface area contributed by atoms with Crippen LogP contribution in [0.4, 0.5) is 5.69 Å². The summed E-state index contributed by atoms with van der Waals surface area (Å²) in [5.41, 5.74) is 1.11. The third kappa shape index (κ3) is 3.49. The zero-order chi connectivity index (χ0) is 13.0. The van der Waals surface area contributed by atoms with Crippen molar-refractivity contribution in [3.8, 4) is 0 Å². The van der Waals surface area contributed by atoms with Crippen LogP contribution in [0.5, 0.6) is 0 Å². The molecule has 3 nitrogen and oxygen atoms in total. The number of rotatable bonds is 6. The largest absolute Gasteiger partial charge is 0.363 e. The fraction of sp³-hybridized carbons (Fsp3) is 0.533. The molecular formula is C15H22N2O. The Kier molecular flexibility index (Phi) is 4.24. The zero-order valence-corrected chi connectivity index (χ0v) is 11.2. The second-order valence-electron chi connectivity index (χ2n) is 5.04. The number of benzene rings is 1. The molecule has 0 aromatic heterocycles. The summed E-state index contributed by atoms with van der Waals surface area (Å²) in [6, 6.07) is 10.4. The summed E-state index contributed by atoms with van der Waals surface area (Å²) >= 11 is 0. The van der Waals surface area contributed by atoms with Gasteiger partial charge in [0.25, 0.3) is 0 Å². The predicted molar refractivity (Wildman–Crippen MR) is 74.7 cm³/mol. The highest BCUT2D eigenvalue weighted by atomic mass is 16.2. The quantitative estimate of drug-likeness (QED) is 0.836.